The van der Waals surface area contributed by atoms with Gasteiger partial charge >= 0.3 is 0 Å². The van der Waals surface area contributed by atoms with Gasteiger partial charge in [0, 0.05) is 11.1 Å². The third-order valence-electron chi connectivity index (χ3n) is 6.26. The smallest absolute Gasteiger partial charge is 0.294 e. The number of benzene rings is 3. The molecule has 5 rings (SSSR count). The number of hydrogen-bond donors (Lipinski definition) is 1. The van der Waals surface area contributed by atoms with Crippen LogP contribution in [0, 0.1) is 13.8 Å². The van der Waals surface area contributed by atoms with E-state index >= 15 is 0 Å². The van der Waals surface area contributed by atoms with Crippen LogP contribution in [0.25, 0.3) is 11.0 Å². The molecule has 3 aromatic carbocycles. The van der Waals surface area contributed by atoms with Crippen molar-refractivity contribution in [3.63, 3.8) is 0 Å². The van der Waals surface area contributed by atoms with E-state index in [1.807, 2.05) is 68.4 Å². The summed E-state index contributed by atoms with van der Waals surface area (Å²) in [7, 11) is 1.52. The van der Waals surface area contributed by atoms with Crippen LogP contribution in [0.1, 0.15) is 33.3 Å². The molecule has 2 heterocycles. The Kier molecular flexibility index (Phi) is 5.21. The summed E-state index contributed by atoms with van der Waals surface area (Å²) in [6.45, 7) is 3.80. The minimum Gasteiger partial charge on any atom is -0.503 e. The number of Topliss-reactive ketones (excluding diaryl/α,β-unsaturated/α-hetero) is 1. The predicted octanol–water partition coefficient (Wildman–Crippen LogP) is 5.84. The van der Waals surface area contributed by atoms with Gasteiger partial charge in [-0.2, -0.15) is 0 Å². The quantitative estimate of drug-likeness (QED) is 0.384. The van der Waals surface area contributed by atoms with E-state index in [4.69, 9.17) is 9.15 Å². The summed E-state index contributed by atoms with van der Waals surface area (Å²) < 4.78 is 11.2. The number of ketones is 1. The highest BCUT2D eigenvalue weighted by Crippen LogP contribution is 2.44. The number of para-hydroxylation sites is 2. The lowest BCUT2D eigenvalue weighted by molar-refractivity contribution is -0.117. The predicted molar refractivity (Wildman–Crippen MR) is 129 cm³/mol. The summed E-state index contributed by atoms with van der Waals surface area (Å²) in [6, 6.07) is 21.1. The number of furan rings is 1. The van der Waals surface area contributed by atoms with Gasteiger partial charge in [-0.25, -0.2) is 0 Å². The van der Waals surface area contributed by atoms with E-state index in [2.05, 4.69) is 0 Å². The molecule has 0 saturated carbocycles. The number of amides is 1. The SMILES string of the molecule is COc1cccc2cc(C(=O)C3=C(O)C(=O)N(c4ccccc4C)C3c3ccccc3C)oc12. The van der Waals surface area contributed by atoms with Gasteiger partial charge in [-0.15, -0.1) is 0 Å². The van der Waals surface area contributed by atoms with Crippen LogP contribution in [-0.2, 0) is 4.79 Å². The second-order valence-corrected chi connectivity index (χ2v) is 8.30. The fourth-order valence-electron chi connectivity index (χ4n) is 4.55. The number of aryl methyl sites for hydroxylation is 2. The van der Waals surface area contributed by atoms with Crippen LogP contribution in [-0.4, -0.2) is 23.9 Å². The lowest BCUT2D eigenvalue weighted by Crippen LogP contribution is -2.32. The summed E-state index contributed by atoms with van der Waals surface area (Å²) in [4.78, 5) is 28.7. The molecule has 0 bridgehead atoms. The van der Waals surface area contributed by atoms with Crippen molar-refractivity contribution in [3.05, 3.63) is 107 Å². The van der Waals surface area contributed by atoms with Gasteiger partial charge in [0.2, 0.25) is 5.78 Å². The zero-order valence-electron chi connectivity index (χ0n) is 19.0. The van der Waals surface area contributed by atoms with E-state index in [0.29, 0.717) is 22.4 Å². The zero-order valence-corrected chi connectivity index (χ0v) is 19.0. The molecule has 1 unspecified atom stereocenters. The number of methoxy groups -OCH3 is 1. The number of ether oxygens (including phenoxy) is 1. The topological polar surface area (TPSA) is 80.0 Å². The van der Waals surface area contributed by atoms with E-state index in [1.165, 1.54) is 12.0 Å². The minimum atomic E-state index is -0.808. The number of aliphatic hydroxyl groups is 1. The van der Waals surface area contributed by atoms with Crippen LogP contribution >= 0.6 is 0 Å². The van der Waals surface area contributed by atoms with Crippen molar-refractivity contribution in [2.45, 2.75) is 19.9 Å². The van der Waals surface area contributed by atoms with Gasteiger partial charge in [0.25, 0.3) is 5.91 Å². The normalized spacial score (nSPS) is 15.9. The first-order chi connectivity index (χ1) is 16.4. The second-order valence-electron chi connectivity index (χ2n) is 8.30. The highest BCUT2D eigenvalue weighted by molar-refractivity contribution is 6.21. The van der Waals surface area contributed by atoms with E-state index in [9.17, 15) is 14.7 Å². The number of anilines is 1. The van der Waals surface area contributed by atoms with Gasteiger partial charge in [-0.05, 0) is 48.7 Å². The largest absolute Gasteiger partial charge is 0.503 e. The first-order valence-electron chi connectivity index (χ1n) is 10.9. The average molecular weight is 453 g/mol. The molecular weight excluding hydrogens is 430 g/mol. The van der Waals surface area contributed by atoms with Crippen LogP contribution in [0.4, 0.5) is 5.69 Å². The summed E-state index contributed by atoms with van der Waals surface area (Å²) in [5.41, 5.74) is 3.54. The maximum absolute atomic E-state index is 13.8. The number of carbonyl (C=O) groups excluding carboxylic acids is 2. The van der Waals surface area contributed by atoms with Crippen LogP contribution in [0.15, 0.2) is 88.5 Å². The Balaban J connectivity index is 1.70. The molecule has 0 saturated heterocycles. The van der Waals surface area contributed by atoms with Gasteiger partial charge in [-0.1, -0.05) is 54.6 Å². The fraction of sp³-hybridized carbons (Fsp3) is 0.143. The van der Waals surface area contributed by atoms with Crippen molar-refractivity contribution in [1.82, 2.24) is 0 Å². The third kappa shape index (κ3) is 3.27. The molecule has 1 aliphatic heterocycles. The van der Waals surface area contributed by atoms with E-state index in [0.717, 1.165) is 16.7 Å². The van der Waals surface area contributed by atoms with Gasteiger partial charge in [0.15, 0.2) is 22.9 Å². The van der Waals surface area contributed by atoms with Crippen molar-refractivity contribution < 1.29 is 23.8 Å². The molecule has 1 aromatic heterocycles. The van der Waals surface area contributed by atoms with Crippen molar-refractivity contribution in [2.75, 3.05) is 12.0 Å². The molecule has 0 radical (unpaired) electrons. The fourth-order valence-corrected chi connectivity index (χ4v) is 4.55. The second kappa shape index (κ2) is 8.23. The van der Waals surface area contributed by atoms with Crippen LogP contribution in [0.5, 0.6) is 5.75 Å². The molecule has 4 aromatic rings. The van der Waals surface area contributed by atoms with Crippen LogP contribution in [0.3, 0.4) is 0 Å². The number of carbonyl (C=O) groups is 2. The first kappa shape index (κ1) is 21.5. The number of rotatable bonds is 5. The Bertz CT molecular complexity index is 1480. The van der Waals surface area contributed by atoms with Gasteiger partial charge in [0.05, 0.1) is 18.7 Å². The standard InChI is InChI=1S/C28H23NO5/c1-16-9-4-6-12-19(16)24-23(26(31)28(32)29(24)20-13-7-5-10-17(20)2)25(30)22-15-18-11-8-14-21(33-3)27(18)34-22/h4-15,24,31H,1-3H3. The lowest BCUT2D eigenvalue weighted by atomic mass is 9.91. The summed E-state index contributed by atoms with van der Waals surface area (Å²) >= 11 is 0. The third-order valence-corrected chi connectivity index (χ3v) is 6.26. The summed E-state index contributed by atoms with van der Waals surface area (Å²) in [5, 5.41) is 11.7. The number of hydrogen-bond acceptors (Lipinski definition) is 5. The zero-order chi connectivity index (χ0) is 24.0. The lowest BCUT2D eigenvalue weighted by Gasteiger charge is -2.29. The highest BCUT2D eigenvalue weighted by Gasteiger charge is 2.46. The molecule has 1 N–H and O–H groups in total. The molecule has 6 nitrogen and oxygen atoms in total. The molecule has 0 spiro atoms. The Morgan fingerprint density at radius 2 is 1.68 bits per heavy atom. The van der Waals surface area contributed by atoms with Crippen molar-refractivity contribution in [2.24, 2.45) is 0 Å². The monoisotopic (exact) mass is 453 g/mol. The maximum Gasteiger partial charge on any atom is 0.294 e. The van der Waals surface area contributed by atoms with E-state index < -0.39 is 23.5 Å². The molecule has 34 heavy (non-hydrogen) atoms. The van der Waals surface area contributed by atoms with E-state index in [-0.39, 0.29) is 11.3 Å². The van der Waals surface area contributed by atoms with Gasteiger partial charge in [0.1, 0.15) is 0 Å². The summed E-state index contributed by atoms with van der Waals surface area (Å²) in [5.74, 6) is -1.23. The minimum absolute atomic E-state index is 0.0134. The molecule has 1 amide bonds. The molecule has 0 fully saturated rings. The molecule has 170 valence electrons. The number of fused-ring (bicyclic) bond motifs is 1. The molecular formula is C28H23NO5. The number of nitrogens with zero attached hydrogens (tertiary/aromatic N) is 1. The van der Waals surface area contributed by atoms with Crippen molar-refractivity contribution in [1.29, 1.82) is 0 Å². The Labute approximate surface area is 196 Å². The molecule has 6 heteroatoms. The van der Waals surface area contributed by atoms with Crippen LogP contribution < -0.4 is 9.64 Å². The molecule has 1 atom stereocenters. The highest BCUT2D eigenvalue weighted by atomic mass is 16.5. The molecule has 0 aliphatic carbocycles. The molecule has 1 aliphatic rings. The maximum atomic E-state index is 13.8. The first-order valence-corrected chi connectivity index (χ1v) is 10.9. The van der Waals surface area contributed by atoms with Gasteiger partial charge < -0.3 is 14.3 Å². The van der Waals surface area contributed by atoms with Crippen molar-refractivity contribution >= 4 is 28.3 Å². The van der Waals surface area contributed by atoms with Crippen molar-refractivity contribution in [3.8, 4) is 5.75 Å². The average Bonchev–Trinajstić information content (AvgIpc) is 3.39. The van der Waals surface area contributed by atoms with Gasteiger partial charge in [-0.3, -0.25) is 14.5 Å². The van der Waals surface area contributed by atoms with Crippen LogP contribution in [0.2, 0.25) is 0 Å². The Hall–Kier alpha value is -4.32. The van der Waals surface area contributed by atoms with E-state index in [1.54, 1.807) is 18.2 Å². The Morgan fingerprint density at radius 1 is 0.971 bits per heavy atom. The Morgan fingerprint density at radius 3 is 2.38 bits per heavy atom. The summed E-state index contributed by atoms with van der Waals surface area (Å²) in [6.07, 6.45) is 0. The number of aliphatic hydroxyl groups excluding tert-OH is 1.